The van der Waals surface area contributed by atoms with Crippen molar-refractivity contribution in [2.24, 2.45) is 5.92 Å². The minimum atomic E-state index is -0.779. The Morgan fingerprint density at radius 1 is 0.674 bits per heavy atom. The highest BCUT2D eigenvalue weighted by Crippen LogP contribution is 2.30. The molecule has 0 aromatic heterocycles. The number of aliphatic hydroxyl groups excluding tert-OH is 1. The van der Waals surface area contributed by atoms with Crippen LogP contribution in [0.15, 0.2) is 12.2 Å². The van der Waals surface area contributed by atoms with Gasteiger partial charge in [-0.3, -0.25) is 9.59 Å². The van der Waals surface area contributed by atoms with Crippen molar-refractivity contribution in [3.05, 3.63) is 12.2 Å². The summed E-state index contributed by atoms with van der Waals surface area (Å²) in [7, 11) is 0. The third-order valence-corrected chi connectivity index (χ3v) is 9.16. The van der Waals surface area contributed by atoms with Gasteiger partial charge in [0.15, 0.2) is 6.10 Å². The fourth-order valence-corrected chi connectivity index (χ4v) is 6.04. The van der Waals surface area contributed by atoms with Crippen LogP contribution in [0.2, 0.25) is 0 Å². The van der Waals surface area contributed by atoms with Crippen molar-refractivity contribution in [3.63, 3.8) is 0 Å². The fraction of sp³-hybridized carbons (Fsp3) is 0.900. The molecule has 1 aliphatic heterocycles. The van der Waals surface area contributed by atoms with E-state index < -0.39 is 6.10 Å². The minimum absolute atomic E-state index is 0.0715. The maximum Gasteiger partial charge on any atom is 0.306 e. The normalized spacial score (nSPS) is 16.7. The van der Waals surface area contributed by atoms with E-state index in [9.17, 15) is 14.7 Å². The number of rotatable bonds is 34. The Kier molecular flexibility index (Phi) is 28.6. The van der Waals surface area contributed by atoms with Crippen molar-refractivity contribution < 1.29 is 28.9 Å². The van der Waals surface area contributed by atoms with Crippen LogP contribution in [0.25, 0.3) is 0 Å². The summed E-state index contributed by atoms with van der Waals surface area (Å²) < 4.78 is 16.4. The molecule has 1 heterocycles. The molecule has 0 radical (unpaired) electrons. The van der Waals surface area contributed by atoms with Crippen LogP contribution in [0, 0.1) is 5.92 Å². The molecule has 0 aromatic carbocycles. The van der Waals surface area contributed by atoms with Gasteiger partial charge in [-0.25, -0.2) is 0 Å². The lowest BCUT2D eigenvalue weighted by Gasteiger charge is -2.15. The van der Waals surface area contributed by atoms with E-state index in [-0.39, 0.29) is 25.2 Å². The summed E-state index contributed by atoms with van der Waals surface area (Å²) in [5.41, 5.74) is 0. The summed E-state index contributed by atoms with van der Waals surface area (Å²) in [5.74, 6) is 0.237. The molecule has 0 saturated carbocycles. The molecule has 1 saturated heterocycles. The first kappa shape index (κ1) is 42.6. The van der Waals surface area contributed by atoms with Crippen molar-refractivity contribution in [3.8, 4) is 0 Å². The molecule has 46 heavy (non-hydrogen) atoms. The SMILES string of the molecule is CCCCC/C=C\CC1OC1CCCCCCCC(=O)O[C@@H](CO)COC(=O)CCCCCCCCCCCCCCCC(C)C. The predicted molar refractivity (Wildman–Crippen MR) is 191 cm³/mol. The van der Waals surface area contributed by atoms with Gasteiger partial charge in [-0.05, 0) is 44.4 Å². The van der Waals surface area contributed by atoms with E-state index in [1.54, 1.807) is 0 Å². The van der Waals surface area contributed by atoms with Gasteiger partial charge in [-0.15, -0.1) is 0 Å². The highest BCUT2D eigenvalue weighted by atomic mass is 16.6. The Morgan fingerprint density at radius 3 is 1.78 bits per heavy atom. The van der Waals surface area contributed by atoms with Gasteiger partial charge in [0.05, 0.1) is 18.8 Å². The van der Waals surface area contributed by atoms with Crippen molar-refractivity contribution in [2.45, 2.75) is 212 Å². The molecule has 1 N–H and O–H groups in total. The third kappa shape index (κ3) is 27.7. The average molecular weight is 651 g/mol. The van der Waals surface area contributed by atoms with Crippen molar-refractivity contribution in [2.75, 3.05) is 13.2 Å². The number of allylic oxidation sites excluding steroid dienone is 1. The number of ether oxygens (including phenoxy) is 3. The molecule has 1 aliphatic rings. The molecular weight excluding hydrogens is 576 g/mol. The summed E-state index contributed by atoms with van der Waals surface area (Å²) in [4.78, 5) is 24.3. The molecule has 0 bridgehead atoms. The Morgan fingerprint density at radius 2 is 1.22 bits per heavy atom. The molecule has 0 aromatic rings. The molecule has 1 rings (SSSR count). The van der Waals surface area contributed by atoms with Crippen LogP contribution in [0.1, 0.15) is 194 Å². The zero-order chi connectivity index (χ0) is 33.5. The predicted octanol–water partition coefficient (Wildman–Crippen LogP) is 11.0. The van der Waals surface area contributed by atoms with E-state index in [2.05, 4.69) is 32.9 Å². The van der Waals surface area contributed by atoms with Gasteiger partial charge in [0.2, 0.25) is 0 Å². The molecule has 0 spiro atoms. The second-order valence-corrected chi connectivity index (χ2v) is 14.2. The van der Waals surface area contributed by atoms with E-state index in [1.165, 1.54) is 103 Å². The molecule has 270 valence electrons. The molecule has 6 nitrogen and oxygen atoms in total. The zero-order valence-electron chi connectivity index (χ0n) is 30.5. The van der Waals surface area contributed by atoms with Crippen LogP contribution in [-0.4, -0.2) is 48.6 Å². The van der Waals surface area contributed by atoms with E-state index in [0.717, 1.165) is 63.7 Å². The first-order valence-corrected chi connectivity index (χ1v) is 19.7. The van der Waals surface area contributed by atoms with Crippen LogP contribution in [0.5, 0.6) is 0 Å². The zero-order valence-corrected chi connectivity index (χ0v) is 30.5. The number of carbonyl (C=O) groups excluding carboxylic acids is 2. The van der Waals surface area contributed by atoms with Gasteiger partial charge in [-0.1, -0.05) is 155 Å². The van der Waals surface area contributed by atoms with Crippen LogP contribution >= 0.6 is 0 Å². The quantitative estimate of drug-likeness (QED) is 0.0323. The highest BCUT2D eigenvalue weighted by molar-refractivity contribution is 5.70. The topological polar surface area (TPSA) is 85.4 Å². The number of aliphatic hydroxyl groups is 1. The first-order chi connectivity index (χ1) is 22.5. The van der Waals surface area contributed by atoms with E-state index in [4.69, 9.17) is 14.2 Å². The monoisotopic (exact) mass is 651 g/mol. The number of hydrogen-bond donors (Lipinski definition) is 1. The number of epoxide rings is 1. The Hall–Kier alpha value is -1.40. The number of unbranched alkanes of at least 4 members (excludes halogenated alkanes) is 19. The fourth-order valence-electron chi connectivity index (χ4n) is 6.04. The molecule has 6 heteroatoms. The van der Waals surface area contributed by atoms with Crippen LogP contribution in [0.4, 0.5) is 0 Å². The molecule has 1 fully saturated rings. The Balaban J connectivity index is 1.87. The minimum Gasteiger partial charge on any atom is -0.462 e. The van der Waals surface area contributed by atoms with E-state index in [0.29, 0.717) is 25.0 Å². The summed E-state index contributed by atoms with van der Waals surface area (Å²) >= 11 is 0. The smallest absolute Gasteiger partial charge is 0.306 e. The summed E-state index contributed by atoms with van der Waals surface area (Å²) in [6.07, 6.45) is 35.8. The summed E-state index contributed by atoms with van der Waals surface area (Å²) in [6, 6.07) is 0. The second-order valence-electron chi connectivity index (χ2n) is 14.2. The van der Waals surface area contributed by atoms with Crippen LogP contribution in [-0.2, 0) is 23.8 Å². The van der Waals surface area contributed by atoms with Gasteiger partial charge in [0.1, 0.15) is 6.61 Å². The Bertz CT molecular complexity index is 735. The molecule has 0 aliphatic carbocycles. The largest absolute Gasteiger partial charge is 0.462 e. The first-order valence-electron chi connectivity index (χ1n) is 19.7. The molecule has 3 atom stereocenters. The Labute approximate surface area is 284 Å². The van der Waals surface area contributed by atoms with E-state index >= 15 is 0 Å². The van der Waals surface area contributed by atoms with Crippen LogP contribution < -0.4 is 0 Å². The second kappa shape index (κ2) is 30.9. The average Bonchev–Trinajstić information content (AvgIpc) is 3.79. The van der Waals surface area contributed by atoms with Crippen molar-refractivity contribution >= 4 is 11.9 Å². The lowest BCUT2D eigenvalue weighted by atomic mass is 10.0. The van der Waals surface area contributed by atoms with Gasteiger partial charge in [0, 0.05) is 12.8 Å². The van der Waals surface area contributed by atoms with Gasteiger partial charge in [-0.2, -0.15) is 0 Å². The highest BCUT2D eigenvalue weighted by Gasteiger charge is 2.36. The third-order valence-electron chi connectivity index (χ3n) is 9.16. The summed E-state index contributed by atoms with van der Waals surface area (Å²) in [6.45, 7) is 6.45. The lowest BCUT2D eigenvalue weighted by molar-refractivity contribution is -0.161. The molecule has 0 amide bonds. The van der Waals surface area contributed by atoms with Gasteiger partial charge < -0.3 is 19.3 Å². The maximum absolute atomic E-state index is 12.2. The van der Waals surface area contributed by atoms with Gasteiger partial charge >= 0.3 is 11.9 Å². The molecular formula is C40H74O6. The standard InChI is InChI=1S/C40H74O6/c1-4-5-6-7-19-24-29-37-38(46-37)30-25-20-17-22-27-32-40(43)45-36(33-41)34-44-39(42)31-26-21-16-14-12-10-8-9-11-13-15-18-23-28-35(2)3/h19,24,35-38,41H,4-18,20-23,25-34H2,1-3H3/b24-19-/t36-,37?,38?/m0/s1. The number of esters is 2. The maximum atomic E-state index is 12.2. The van der Waals surface area contributed by atoms with Crippen molar-refractivity contribution in [1.29, 1.82) is 0 Å². The number of carbonyl (C=O) groups is 2. The van der Waals surface area contributed by atoms with Crippen molar-refractivity contribution in [1.82, 2.24) is 0 Å². The number of hydrogen-bond acceptors (Lipinski definition) is 6. The van der Waals surface area contributed by atoms with E-state index in [1.807, 2.05) is 0 Å². The lowest BCUT2D eigenvalue weighted by Crippen LogP contribution is -2.28. The van der Waals surface area contributed by atoms with Crippen LogP contribution in [0.3, 0.4) is 0 Å². The summed E-state index contributed by atoms with van der Waals surface area (Å²) in [5, 5.41) is 9.56. The van der Waals surface area contributed by atoms with Gasteiger partial charge in [0.25, 0.3) is 0 Å². The molecule has 2 unspecified atom stereocenters.